The molecule has 2 aromatic rings. The molecule has 2 atom stereocenters. The van der Waals surface area contributed by atoms with Gasteiger partial charge in [0.1, 0.15) is 5.75 Å². The highest BCUT2D eigenvalue weighted by atomic mass is 16.5. The highest BCUT2D eigenvalue weighted by Gasteiger charge is 2.39. The van der Waals surface area contributed by atoms with Gasteiger partial charge in [0.25, 0.3) is 0 Å². The van der Waals surface area contributed by atoms with Crippen molar-refractivity contribution in [3.8, 4) is 5.75 Å². The molecule has 1 aliphatic carbocycles. The van der Waals surface area contributed by atoms with E-state index in [4.69, 9.17) is 9.84 Å². The summed E-state index contributed by atoms with van der Waals surface area (Å²) in [5.41, 5.74) is 3.72. The molecule has 1 saturated heterocycles. The highest BCUT2D eigenvalue weighted by molar-refractivity contribution is 6.05. The van der Waals surface area contributed by atoms with E-state index >= 15 is 0 Å². The fourth-order valence-corrected chi connectivity index (χ4v) is 5.30. The van der Waals surface area contributed by atoms with E-state index in [0.717, 1.165) is 25.3 Å². The molecule has 4 heteroatoms. The first-order valence-electron chi connectivity index (χ1n) is 11.8. The normalized spacial score (nSPS) is 24.0. The van der Waals surface area contributed by atoms with Crippen LogP contribution in [0.5, 0.6) is 5.75 Å². The van der Waals surface area contributed by atoms with E-state index < -0.39 is 0 Å². The molecule has 30 heavy (non-hydrogen) atoms. The van der Waals surface area contributed by atoms with Crippen LogP contribution in [-0.2, 0) is 0 Å². The van der Waals surface area contributed by atoms with Gasteiger partial charge in [-0.25, -0.2) is 0 Å². The van der Waals surface area contributed by atoms with E-state index in [1.165, 1.54) is 68.6 Å². The minimum absolute atomic E-state index is 0.487. The molecule has 0 radical (unpaired) electrons. The van der Waals surface area contributed by atoms with Crippen molar-refractivity contribution in [2.75, 3.05) is 31.3 Å². The zero-order valence-electron chi connectivity index (χ0n) is 17.9. The summed E-state index contributed by atoms with van der Waals surface area (Å²) in [6, 6.07) is 19.8. The topological polar surface area (TPSA) is 28.1 Å². The van der Waals surface area contributed by atoms with Gasteiger partial charge in [-0.2, -0.15) is 5.10 Å². The summed E-state index contributed by atoms with van der Waals surface area (Å²) in [6.07, 6.45) is 8.89. The average molecular weight is 404 g/mol. The van der Waals surface area contributed by atoms with Crippen molar-refractivity contribution in [2.24, 2.45) is 11.0 Å². The van der Waals surface area contributed by atoms with Crippen LogP contribution < -0.4 is 9.75 Å². The summed E-state index contributed by atoms with van der Waals surface area (Å²) in [5.74, 6) is 1.51. The zero-order chi connectivity index (χ0) is 20.2. The lowest BCUT2D eigenvalue weighted by Crippen LogP contribution is -2.36. The number of fused-ring (bicyclic) bond motifs is 1. The van der Waals surface area contributed by atoms with Crippen LogP contribution in [0.4, 0.5) is 5.69 Å². The molecule has 2 unspecified atom stereocenters. The molecule has 0 amide bonds. The van der Waals surface area contributed by atoms with Gasteiger partial charge < -0.3 is 9.64 Å². The van der Waals surface area contributed by atoms with E-state index in [1.807, 2.05) is 0 Å². The lowest BCUT2D eigenvalue weighted by Gasteiger charge is -2.31. The Balaban J connectivity index is 1.24. The van der Waals surface area contributed by atoms with Gasteiger partial charge >= 0.3 is 0 Å². The monoisotopic (exact) mass is 403 g/mol. The van der Waals surface area contributed by atoms with Crippen LogP contribution in [0.2, 0.25) is 0 Å². The first-order valence-corrected chi connectivity index (χ1v) is 11.8. The van der Waals surface area contributed by atoms with Gasteiger partial charge in [0, 0.05) is 12.5 Å². The average Bonchev–Trinajstić information content (AvgIpc) is 3.46. The van der Waals surface area contributed by atoms with Crippen LogP contribution in [0.25, 0.3) is 0 Å². The number of benzene rings is 2. The predicted octanol–water partition coefficient (Wildman–Crippen LogP) is 5.33. The first kappa shape index (κ1) is 19.6. The van der Waals surface area contributed by atoms with Gasteiger partial charge in [0.05, 0.1) is 24.0 Å². The van der Waals surface area contributed by atoms with E-state index in [0.29, 0.717) is 12.0 Å². The van der Waals surface area contributed by atoms with Gasteiger partial charge in [-0.1, -0.05) is 43.2 Å². The van der Waals surface area contributed by atoms with Gasteiger partial charge in [-0.3, -0.25) is 5.01 Å². The molecule has 3 aliphatic rings. The molecule has 5 rings (SSSR count). The van der Waals surface area contributed by atoms with E-state index in [-0.39, 0.29) is 0 Å². The lowest BCUT2D eigenvalue weighted by atomic mass is 9.80. The Bertz CT molecular complexity index is 842. The van der Waals surface area contributed by atoms with Crippen molar-refractivity contribution < 1.29 is 4.74 Å². The van der Waals surface area contributed by atoms with Crippen LogP contribution in [0.15, 0.2) is 59.7 Å². The Kier molecular flexibility index (Phi) is 6.03. The quantitative estimate of drug-likeness (QED) is 0.585. The largest absolute Gasteiger partial charge is 0.494 e. The smallest absolute Gasteiger partial charge is 0.119 e. The molecule has 0 aromatic heterocycles. The van der Waals surface area contributed by atoms with Crippen molar-refractivity contribution in [2.45, 2.75) is 51.0 Å². The third-order valence-corrected chi connectivity index (χ3v) is 6.87. The van der Waals surface area contributed by atoms with E-state index in [1.54, 1.807) is 0 Å². The standard InChI is InChI=1S/C26H33N3O/c1-2-9-21(10-3-1)26-24-11-4-5-12-25(24)29(27-26)22-13-15-23(16-14-22)30-20-8-19-28-17-6-7-18-28/h1-3,9-10,13-16,24-25H,4-8,11-12,17-20H2. The molecular weight excluding hydrogens is 370 g/mol. The highest BCUT2D eigenvalue weighted by Crippen LogP contribution is 2.39. The summed E-state index contributed by atoms with van der Waals surface area (Å²) in [7, 11) is 0. The Labute approximate surface area is 180 Å². The molecule has 2 aromatic carbocycles. The van der Waals surface area contributed by atoms with Crippen molar-refractivity contribution in [3.63, 3.8) is 0 Å². The van der Waals surface area contributed by atoms with Crippen LogP contribution in [-0.4, -0.2) is 42.9 Å². The maximum Gasteiger partial charge on any atom is 0.119 e. The number of hydrogen-bond acceptors (Lipinski definition) is 4. The number of rotatable bonds is 7. The molecule has 2 heterocycles. The SMILES string of the molecule is c1ccc(C2=NN(c3ccc(OCCCN4CCCC4)cc3)C3CCCCC23)cc1. The second kappa shape index (κ2) is 9.22. The second-order valence-corrected chi connectivity index (χ2v) is 8.90. The Morgan fingerprint density at radius 3 is 2.43 bits per heavy atom. The molecule has 0 N–H and O–H groups in total. The fraction of sp³-hybridized carbons (Fsp3) is 0.500. The molecule has 158 valence electrons. The summed E-state index contributed by atoms with van der Waals surface area (Å²) in [6.45, 7) is 4.48. The van der Waals surface area contributed by atoms with E-state index in [9.17, 15) is 0 Å². The minimum Gasteiger partial charge on any atom is -0.494 e. The van der Waals surface area contributed by atoms with Crippen LogP contribution >= 0.6 is 0 Å². The van der Waals surface area contributed by atoms with Gasteiger partial charge in [-0.05, 0) is 75.0 Å². The molecule has 2 fully saturated rings. The number of anilines is 1. The second-order valence-electron chi connectivity index (χ2n) is 8.90. The summed E-state index contributed by atoms with van der Waals surface area (Å²) in [5, 5.41) is 7.41. The fourth-order valence-electron chi connectivity index (χ4n) is 5.30. The van der Waals surface area contributed by atoms with Crippen molar-refractivity contribution in [3.05, 3.63) is 60.2 Å². The van der Waals surface area contributed by atoms with Gasteiger partial charge in [0.15, 0.2) is 0 Å². The molecular formula is C26H33N3O. The van der Waals surface area contributed by atoms with E-state index in [2.05, 4.69) is 64.5 Å². The Morgan fingerprint density at radius 1 is 0.867 bits per heavy atom. The van der Waals surface area contributed by atoms with Crippen molar-refractivity contribution >= 4 is 11.4 Å². The Hall–Kier alpha value is -2.33. The van der Waals surface area contributed by atoms with Crippen LogP contribution in [0.3, 0.4) is 0 Å². The van der Waals surface area contributed by atoms with Crippen LogP contribution in [0.1, 0.15) is 50.5 Å². The molecule has 0 spiro atoms. The summed E-state index contributed by atoms with van der Waals surface area (Å²) in [4.78, 5) is 2.54. The molecule has 2 aliphatic heterocycles. The molecule has 4 nitrogen and oxygen atoms in total. The maximum atomic E-state index is 6.00. The maximum absolute atomic E-state index is 6.00. The summed E-state index contributed by atoms with van der Waals surface area (Å²) >= 11 is 0. The van der Waals surface area contributed by atoms with Gasteiger partial charge in [0.2, 0.25) is 0 Å². The Morgan fingerprint density at radius 2 is 1.63 bits per heavy atom. The zero-order valence-corrected chi connectivity index (χ0v) is 17.9. The number of ether oxygens (including phenoxy) is 1. The third kappa shape index (κ3) is 4.24. The van der Waals surface area contributed by atoms with Gasteiger partial charge in [-0.15, -0.1) is 0 Å². The number of nitrogens with zero attached hydrogens (tertiary/aromatic N) is 3. The first-order chi connectivity index (χ1) is 14.9. The predicted molar refractivity (Wildman–Crippen MR) is 123 cm³/mol. The van der Waals surface area contributed by atoms with Crippen molar-refractivity contribution in [1.29, 1.82) is 0 Å². The minimum atomic E-state index is 0.487. The van der Waals surface area contributed by atoms with Crippen molar-refractivity contribution in [1.82, 2.24) is 4.90 Å². The summed E-state index contributed by atoms with van der Waals surface area (Å²) < 4.78 is 6.00. The number of likely N-dealkylation sites (tertiary alicyclic amines) is 1. The third-order valence-electron chi connectivity index (χ3n) is 6.87. The number of hydrazone groups is 1. The lowest BCUT2D eigenvalue weighted by molar-refractivity contribution is 0.263. The molecule has 1 saturated carbocycles. The van der Waals surface area contributed by atoms with Crippen LogP contribution in [0, 0.1) is 5.92 Å². The molecule has 0 bridgehead atoms. The number of hydrogen-bond donors (Lipinski definition) is 0.